The van der Waals surface area contributed by atoms with Crippen LogP contribution in [0.4, 0.5) is 11.4 Å². The van der Waals surface area contributed by atoms with Gasteiger partial charge in [-0.25, -0.2) is 0 Å². The lowest BCUT2D eigenvalue weighted by atomic mass is 10.2. The van der Waals surface area contributed by atoms with Crippen molar-refractivity contribution in [3.63, 3.8) is 0 Å². The first kappa shape index (κ1) is 17.8. The second-order valence-corrected chi connectivity index (χ2v) is 7.39. The van der Waals surface area contributed by atoms with Crippen LogP contribution in [-0.2, 0) is 9.59 Å². The fraction of sp³-hybridized carbons (Fsp3) is 0.600. The molecule has 1 atom stereocenters. The largest absolute Gasteiger partial charge is 0.382 e. The molecular formula is C20H29N3O2. The summed E-state index contributed by atoms with van der Waals surface area (Å²) in [4.78, 5) is 26.2. The summed E-state index contributed by atoms with van der Waals surface area (Å²) in [7, 11) is 0. The van der Waals surface area contributed by atoms with E-state index < -0.39 is 0 Å². The van der Waals surface area contributed by atoms with Crippen LogP contribution in [0.15, 0.2) is 24.3 Å². The number of benzene rings is 1. The minimum Gasteiger partial charge on any atom is -0.382 e. The molecule has 0 radical (unpaired) electrons. The van der Waals surface area contributed by atoms with E-state index in [9.17, 15) is 9.59 Å². The van der Waals surface area contributed by atoms with Gasteiger partial charge in [0.25, 0.3) is 0 Å². The highest BCUT2D eigenvalue weighted by Gasteiger charge is 2.29. The van der Waals surface area contributed by atoms with Gasteiger partial charge in [-0.2, -0.15) is 0 Å². The number of hydrogen-bond donors (Lipinski definition) is 2. The number of likely N-dealkylation sites (tertiary alicyclic amines) is 1. The van der Waals surface area contributed by atoms with Crippen LogP contribution < -0.4 is 10.6 Å². The lowest BCUT2D eigenvalue weighted by molar-refractivity contribution is -0.131. The molecule has 2 aliphatic rings. The topological polar surface area (TPSA) is 61.4 Å². The molecule has 2 fully saturated rings. The van der Waals surface area contributed by atoms with Gasteiger partial charge in [0.05, 0.1) is 0 Å². The molecule has 1 saturated heterocycles. The average molecular weight is 343 g/mol. The standard InChI is InChI=1S/C20H29N3O2/c1-15(14-19(24)23-12-4-2-3-5-13-23)21-17-8-10-18(11-9-17)22-20(25)16-6-7-16/h8-11,15-16,21H,2-7,12-14H2,1H3,(H,22,25)/t15-/m1/s1. The van der Waals surface area contributed by atoms with Crippen LogP contribution in [0.1, 0.15) is 51.9 Å². The van der Waals surface area contributed by atoms with Gasteiger partial charge in [0.15, 0.2) is 0 Å². The molecule has 5 heteroatoms. The molecule has 1 aliphatic heterocycles. The van der Waals surface area contributed by atoms with Crippen LogP contribution >= 0.6 is 0 Å². The van der Waals surface area contributed by atoms with E-state index in [2.05, 4.69) is 10.6 Å². The zero-order valence-corrected chi connectivity index (χ0v) is 15.1. The summed E-state index contributed by atoms with van der Waals surface area (Å²) in [6, 6.07) is 7.81. The Morgan fingerprint density at radius 3 is 2.24 bits per heavy atom. The maximum atomic E-state index is 12.4. The Morgan fingerprint density at radius 2 is 1.64 bits per heavy atom. The van der Waals surface area contributed by atoms with Crippen molar-refractivity contribution in [2.75, 3.05) is 23.7 Å². The first-order valence-corrected chi connectivity index (χ1v) is 9.57. The Bertz CT molecular complexity index is 587. The van der Waals surface area contributed by atoms with E-state index in [0.717, 1.165) is 50.1 Å². The van der Waals surface area contributed by atoms with Gasteiger partial charge in [0.1, 0.15) is 0 Å². The molecule has 0 unspecified atom stereocenters. The Morgan fingerprint density at radius 1 is 1.04 bits per heavy atom. The zero-order chi connectivity index (χ0) is 17.6. The van der Waals surface area contributed by atoms with Crippen LogP contribution in [0.5, 0.6) is 0 Å². The molecule has 5 nitrogen and oxygen atoms in total. The number of nitrogens with zero attached hydrogens (tertiary/aromatic N) is 1. The Labute approximate surface area is 150 Å². The third-order valence-electron chi connectivity index (χ3n) is 4.95. The predicted molar refractivity (Wildman–Crippen MR) is 101 cm³/mol. The fourth-order valence-electron chi connectivity index (χ4n) is 3.29. The summed E-state index contributed by atoms with van der Waals surface area (Å²) in [5, 5.41) is 6.32. The van der Waals surface area contributed by atoms with E-state index >= 15 is 0 Å². The summed E-state index contributed by atoms with van der Waals surface area (Å²) >= 11 is 0. The summed E-state index contributed by atoms with van der Waals surface area (Å²) in [5.41, 5.74) is 1.80. The molecule has 1 saturated carbocycles. The number of amides is 2. The van der Waals surface area contributed by atoms with Crippen LogP contribution in [0, 0.1) is 5.92 Å². The molecule has 0 aromatic heterocycles. The van der Waals surface area contributed by atoms with E-state index in [1.807, 2.05) is 36.1 Å². The van der Waals surface area contributed by atoms with Crippen molar-refractivity contribution in [1.82, 2.24) is 4.90 Å². The van der Waals surface area contributed by atoms with Gasteiger partial charge in [-0.15, -0.1) is 0 Å². The van der Waals surface area contributed by atoms with Crippen molar-refractivity contribution in [1.29, 1.82) is 0 Å². The van der Waals surface area contributed by atoms with Gasteiger partial charge in [-0.05, 0) is 56.9 Å². The lowest BCUT2D eigenvalue weighted by Gasteiger charge is -2.23. The zero-order valence-electron chi connectivity index (χ0n) is 15.1. The maximum Gasteiger partial charge on any atom is 0.227 e. The van der Waals surface area contributed by atoms with Crippen molar-refractivity contribution in [3.05, 3.63) is 24.3 Å². The molecule has 2 N–H and O–H groups in total. The maximum absolute atomic E-state index is 12.4. The highest BCUT2D eigenvalue weighted by atomic mass is 16.2. The summed E-state index contributed by atoms with van der Waals surface area (Å²) < 4.78 is 0. The number of carbonyl (C=O) groups excluding carboxylic acids is 2. The van der Waals surface area contributed by atoms with E-state index in [1.54, 1.807) is 0 Å². The number of rotatable bonds is 6. The van der Waals surface area contributed by atoms with Crippen molar-refractivity contribution in [2.24, 2.45) is 5.92 Å². The quantitative estimate of drug-likeness (QED) is 0.829. The van der Waals surface area contributed by atoms with Crippen LogP contribution in [0.2, 0.25) is 0 Å². The van der Waals surface area contributed by atoms with E-state index in [4.69, 9.17) is 0 Å². The monoisotopic (exact) mass is 343 g/mol. The average Bonchev–Trinajstić information content (AvgIpc) is 3.43. The molecule has 1 aromatic carbocycles. The number of carbonyl (C=O) groups is 2. The first-order chi connectivity index (χ1) is 12.1. The molecule has 3 rings (SSSR count). The van der Waals surface area contributed by atoms with Gasteiger partial charge < -0.3 is 15.5 Å². The SMILES string of the molecule is C[C@H](CC(=O)N1CCCCCC1)Nc1ccc(NC(=O)C2CC2)cc1. The van der Waals surface area contributed by atoms with Gasteiger partial charge in [-0.3, -0.25) is 9.59 Å². The second-order valence-electron chi connectivity index (χ2n) is 7.39. The third-order valence-corrected chi connectivity index (χ3v) is 4.95. The fourth-order valence-corrected chi connectivity index (χ4v) is 3.29. The van der Waals surface area contributed by atoms with E-state index in [1.165, 1.54) is 12.8 Å². The van der Waals surface area contributed by atoms with E-state index in [0.29, 0.717) is 6.42 Å². The normalized spacial score (nSPS) is 19.0. The number of hydrogen-bond acceptors (Lipinski definition) is 3. The molecule has 0 spiro atoms. The van der Waals surface area contributed by atoms with Crippen LogP contribution in [0.25, 0.3) is 0 Å². The summed E-state index contributed by atoms with van der Waals surface area (Å²) in [6.45, 7) is 3.85. The minimum atomic E-state index is 0.0858. The third kappa shape index (κ3) is 5.48. The molecule has 1 heterocycles. The Balaban J connectivity index is 1.45. The van der Waals surface area contributed by atoms with Crippen LogP contribution in [-0.4, -0.2) is 35.8 Å². The Kier molecular flexibility index (Phi) is 5.95. The van der Waals surface area contributed by atoms with Crippen molar-refractivity contribution in [3.8, 4) is 0 Å². The predicted octanol–water partition coefficient (Wildman–Crippen LogP) is 3.63. The lowest BCUT2D eigenvalue weighted by Crippen LogP contribution is -2.35. The number of nitrogens with one attached hydrogen (secondary N) is 2. The van der Waals surface area contributed by atoms with Crippen LogP contribution in [0.3, 0.4) is 0 Å². The van der Waals surface area contributed by atoms with Gasteiger partial charge in [0.2, 0.25) is 11.8 Å². The molecule has 2 amide bonds. The summed E-state index contributed by atoms with van der Waals surface area (Å²) in [5.74, 6) is 0.579. The molecule has 0 bridgehead atoms. The van der Waals surface area contributed by atoms with Gasteiger partial charge >= 0.3 is 0 Å². The first-order valence-electron chi connectivity index (χ1n) is 9.57. The molecule has 1 aromatic rings. The number of anilines is 2. The highest BCUT2D eigenvalue weighted by molar-refractivity contribution is 5.94. The second kappa shape index (κ2) is 8.37. The molecular weight excluding hydrogens is 314 g/mol. The minimum absolute atomic E-state index is 0.0858. The molecule has 25 heavy (non-hydrogen) atoms. The van der Waals surface area contributed by atoms with Gasteiger partial charge in [0, 0.05) is 42.8 Å². The van der Waals surface area contributed by atoms with E-state index in [-0.39, 0.29) is 23.8 Å². The van der Waals surface area contributed by atoms with Crippen molar-refractivity contribution < 1.29 is 9.59 Å². The highest BCUT2D eigenvalue weighted by Crippen LogP contribution is 2.30. The van der Waals surface area contributed by atoms with Crippen molar-refractivity contribution >= 4 is 23.2 Å². The Hall–Kier alpha value is -2.04. The molecule has 136 valence electrons. The summed E-state index contributed by atoms with van der Waals surface area (Å²) in [6.07, 6.45) is 7.26. The molecule has 1 aliphatic carbocycles. The smallest absolute Gasteiger partial charge is 0.227 e. The van der Waals surface area contributed by atoms with Crippen molar-refractivity contribution in [2.45, 2.75) is 57.9 Å². The van der Waals surface area contributed by atoms with Gasteiger partial charge in [-0.1, -0.05) is 12.8 Å².